The largest absolute Gasteiger partial charge is 0.469 e. The highest BCUT2D eigenvalue weighted by Gasteiger charge is 2.33. The van der Waals surface area contributed by atoms with E-state index in [2.05, 4.69) is 0 Å². The zero-order valence-corrected chi connectivity index (χ0v) is 17.4. The number of nitrogens with one attached hydrogen (secondary N) is 1. The van der Waals surface area contributed by atoms with Crippen LogP contribution in [0.2, 0.25) is 0 Å². The van der Waals surface area contributed by atoms with Gasteiger partial charge in [0.2, 0.25) is 0 Å². The number of methoxy groups -OCH3 is 1. The Kier molecular flexibility index (Phi) is 6.77. The van der Waals surface area contributed by atoms with Gasteiger partial charge in [-0.3, -0.25) is 10.2 Å². The first-order chi connectivity index (χ1) is 13.9. The Hall–Kier alpha value is -2.57. The number of ether oxygens (including phenoxy) is 1. The number of rotatable bonds is 4. The van der Waals surface area contributed by atoms with E-state index in [1.54, 1.807) is 0 Å². The van der Waals surface area contributed by atoms with Crippen LogP contribution in [-0.4, -0.2) is 60.9 Å². The molecule has 0 radical (unpaired) electrons. The van der Waals surface area contributed by atoms with E-state index >= 15 is 0 Å². The number of amidine groups is 1. The van der Waals surface area contributed by atoms with E-state index in [-0.39, 0.29) is 29.8 Å². The molecule has 1 saturated heterocycles. The maximum atomic E-state index is 13.0. The van der Waals surface area contributed by atoms with Crippen LogP contribution in [0, 0.1) is 11.3 Å². The summed E-state index contributed by atoms with van der Waals surface area (Å²) in [6, 6.07) is 8.17. The fraction of sp³-hybridized carbons (Fsp3) is 0.591. The Morgan fingerprint density at radius 3 is 2.17 bits per heavy atom. The molecule has 1 aromatic carbocycles. The third-order valence-electron chi connectivity index (χ3n) is 6.54. The number of amides is 2. The van der Waals surface area contributed by atoms with Crippen LogP contribution < -0.4 is 5.73 Å². The van der Waals surface area contributed by atoms with Crippen LogP contribution in [0.15, 0.2) is 24.3 Å². The van der Waals surface area contributed by atoms with Gasteiger partial charge >= 0.3 is 12.0 Å². The molecule has 0 atom stereocenters. The third-order valence-corrected chi connectivity index (χ3v) is 6.54. The monoisotopic (exact) mass is 400 g/mol. The van der Waals surface area contributed by atoms with Crippen LogP contribution in [0.4, 0.5) is 4.79 Å². The van der Waals surface area contributed by atoms with Gasteiger partial charge < -0.3 is 20.3 Å². The maximum absolute atomic E-state index is 13.0. The van der Waals surface area contributed by atoms with Gasteiger partial charge in [0.25, 0.3) is 0 Å². The van der Waals surface area contributed by atoms with Crippen molar-refractivity contribution < 1.29 is 14.3 Å². The normalized spacial score (nSPS) is 22.8. The average molecular weight is 401 g/mol. The summed E-state index contributed by atoms with van der Waals surface area (Å²) in [6.45, 7) is 1.50. The first-order valence-corrected chi connectivity index (χ1v) is 10.4. The van der Waals surface area contributed by atoms with Crippen LogP contribution >= 0.6 is 0 Å². The number of nitrogens with two attached hydrogens (primary N) is 1. The molecule has 7 heteroatoms. The number of esters is 1. The van der Waals surface area contributed by atoms with E-state index in [0.717, 1.165) is 57.2 Å². The molecular weight excluding hydrogens is 368 g/mol. The van der Waals surface area contributed by atoms with Crippen LogP contribution in [0.3, 0.4) is 0 Å². The average Bonchev–Trinajstić information content (AvgIpc) is 2.77. The third kappa shape index (κ3) is 4.89. The minimum Gasteiger partial charge on any atom is -0.469 e. The van der Waals surface area contributed by atoms with Gasteiger partial charge in [-0.2, -0.15) is 0 Å². The highest BCUT2D eigenvalue weighted by molar-refractivity contribution is 5.94. The summed E-state index contributed by atoms with van der Waals surface area (Å²) in [5.41, 5.74) is 7.51. The fourth-order valence-electron chi connectivity index (χ4n) is 4.58. The highest BCUT2D eigenvalue weighted by Crippen LogP contribution is 2.31. The van der Waals surface area contributed by atoms with Crippen LogP contribution in [0.1, 0.15) is 55.6 Å². The van der Waals surface area contributed by atoms with Crippen molar-refractivity contribution in [3.05, 3.63) is 35.4 Å². The number of carbonyl (C=O) groups excluding carboxylic acids is 2. The number of hydrogen-bond acceptors (Lipinski definition) is 4. The lowest BCUT2D eigenvalue weighted by molar-refractivity contribution is -0.146. The molecule has 1 heterocycles. The van der Waals surface area contributed by atoms with Crippen molar-refractivity contribution in [1.29, 1.82) is 5.41 Å². The molecule has 7 nitrogen and oxygen atoms in total. The van der Waals surface area contributed by atoms with E-state index < -0.39 is 0 Å². The van der Waals surface area contributed by atoms with Crippen molar-refractivity contribution in [1.82, 2.24) is 9.80 Å². The van der Waals surface area contributed by atoms with Crippen LogP contribution in [0.5, 0.6) is 0 Å². The lowest BCUT2D eigenvalue weighted by atomic mass is 9.85. The summed E-state index contributed by atoms with van der Waals surface area (Å²) in [4.78, 5) is 28.5. The zero-order valence-electron chi connectivity index (χ0n) is 17.4. The second-order valence-corrected chi connectivity index (χ2v) is 8.22. The van der Waals surface area contributed by atoms with Crippen molar-refractivity contribution in [2.75, 3.05) is 27.2 Å². The number of benzene rings is 1. The molecule has 1 aliphatic heterocycles. The molecule has 158 valence electrons. The summed E-state index contributed by atoms with van der Waals surface area (Å²) in [6.07, 6.45) is 5.14. The summed E-state index contributed by atoms with van der Waals surface area (Å²) >= 11 is 0. The van der Waals surface area contributed by atoms with Gasteiger partial charge in [0.05, 0.1) is 13.0 Å². The standard InChI is InChI=1S/C22H32N4O3/c1-25(19-9-7-18(8-10-19)21(27)29-2)22(28)26-13-11-16(12-14-26)15-3-5-17(6-4-15)20(23)24/h3-6,16,18-19H,7-14H2,1-2H3,(H3,23,24). The number of urea groups is 1. The summed E-state index contributed by atoms with van der Waals surface area (Å²) in [5, 5.41) is 7.50. The first kappa shape index (κ1) is 21.1. The van der Waals surface area contributed by atoms with Crippen molar-refractivity contribution in [2.24, 2.45) is 11.7 Å². The SMILES string of the molecule is COC(=O)C1CCC(N(C)C(=O)N2CCC(c3ccc(C(=N)N)cc3)CC2)CC1. The lowest BCUT2D eigenvalue weighted by Crippen LogP contribution is -2.49. The van der Waals surface area contributed by atoms with E-state index in [0.29, 0.717) is 5.92 Å². The number of likely N-dealkylation sites (tertiary alicyclic amines) is 1. The molecule has 0 spiro atoms. The number of piperidine rings is 1. The van der Waals surface area contributed by atoms with E-state index in [9.17, 15) is 9.59 Å². The van der Waals surface area contributed by atoms with Crippen LogP contribution in [0.25, 0.3) is 0 Å². The quantitative estimate of drug-likeness (QED) is 0.461. The van der Waals surface area contributed by atoms with Crippen LogP contribution in [-0.2, 0) is 9.53 Å². The second-order valence-electron chi connectivity index (χ2n) is 8.22. The van der Waals surface area contributed by atoms with E-state index in [1.165, 1.54) is 12.7 Å². The number of carbonyl (C=O) groups is 2. The highest BCUT2D eigenvalue weighted by atomic mass is 16.5. The molecule has 3 N–H and O–H groups in total. The maximum Gasteiger partial charge on any atom is 0.319 e. The molecule has 1 aliphatic carbocycles. The Balaban J connectivity index is 1.49. The van der Waals surface area contributed by atoms with Gasteiger partial charge in [-0.25, -0.2) is 4.79 Å². The summed E-state index contributed by atoms with van der Waals surface area (Å²) in [5.74, 6) is 0.363. The van der Waals surface area contributed by atoms with Crippen molar-refractivity contribution >= 4 is 17.8 Å². The molecular formula is C22H32N4O3. The topological polar surface area (TPSA) is 99.7 Å². The van der Waals surface area contributed by atoms with E-state index in [4.69, 9.17) is 15.9 Å². The predicted molar refractivity (Wildman–Crippen MR) is 112 cm³/mol. The number of hydrogen-bond donors (Lipinski definition) is 2. The van der Waals surface area contributed by atoms with Crippen molar-refractivity contribution in [2.45, 2.75) is 50.5 Å². The Morgan fingerprint density at radius 1 is 1.07 bits per heavy atom. The molecule has 1 saturated carbocycles. The number of nitrogen functional groups attached to an aromatic ring is 1. The molecule has 0 unspecified atom stereocenters. The Labute approximate surface area is 172 Å². The first-order valence-electron chi connectivity index (χ1n) is 10.4. The molecule has 0 aromatic heterocycles. The Bertz CT molecular complexity index is 733. The van der Waals surface area contributed by atoms with Crippen molar-refractivity contribution in [3.63, 3.8) is 0 Å². The summed E-state index contributed by atoms with van der Waals surface area (Å²) in [7, 11) is 3.32. The molecule has 2 aliphatic rings. The molecule has 2 amide bonds. The fourth-order valence-corrected chi connectivity index (χ4v) is 4.58. The predicted octanol–water partition coefficient (Wildman–Crippen LogP) is 2.93. The van der Waals surface area contributed by atoms with Gasteiger partial charge in [0.1, 0.15) is 5.84 Å². The molecule has 3 rings (SSSR count). The second kappa shape index (κ2) is 9.29. The zero-order chi connectivity index (χ0) is 21.0. The van der Waals surface area contributed by atoms with Gasteiger partial charge in [-0.1, -0.05) is 24.3 Å². The van der Waals surface area contributed by atoms with Gasteiger partial charge in [0.15, 0.2) is 0 Å². The lowest BCUT2D eigenvalue weighted by Gasteiger charge is -2.39. The molecule has 29 heavy (non-hydrogen) atoms. The molecule has 0 bridgehead atoms. The van der Waals surface area contributed by atoms with Gasteiger partial charge in [-0.15, -0.1) is 0 Å². The minimum absolute atomic E-state index is 0.0233. The Morgan fingerprint density at radius 2 is 1.66 bits per heavy atom. The van der Waals surface area contributed by atoms with Gasteiger partial charge in [-0.05, 0) is 50.0 Å². The minimum atomic E-state index is -0.129. The van der Waals surface area contributed by atoms with Gasteiger partial charge in [0, 0.05) is 31.7 Å². The smallest absolute Gasteiger partial charge is 0.319 e. The molecule has 1 aromatic rings. The summed E-state index contributed by atoms with van der Waals surface area (Å²) < 4.78 is 4.85. The van der Waals surface area contributed by atoms with E-state index in [1.807, 2.05) is 41.1 Å². The molecule has 2 fully saturated rings. The number of nitrogens with zero attached hydrogens (tertiary/aromatic N) is 2. The van der Waals surface area contributed by atoms with Crippen molar-refractivity contribution in [3.8, 4) is 0 Å².